The Hall–Kier alpha value is -3.97. The SMILES string of the molecule is NC(=O)c1cc(-c2ccc3cc[nH]c3c2)nc2c1Cc1cc(C(=O)N3CCOCC3)ccc1-2. The molecule has 6 rings (SSSR count). The van der Waals surface area contributed by atoms with Gasteiger partial charge in [-0.2, -0.15) is 0 Å². The van der Waals surface area contributed by atoms with E-state index in [9.17, 15) is 9.59 Å². The number of H-pyrrole nitrogens is 1. The molecule has 0 bridgehead atoms. The van der Waals surface area contributed by atoms with Crippen molar-refractivity contribution in [2.24, 2.45) is 5.73 Å². The van der Waals surface area contributed by atoms with E-state index in [4.69, 9.17) is 15.5 Å². The predicted octanol–water partition coefficient (Wildman–Crippen LogP) is 3.37. The molecule has 0 saturated carbocycles. The van der Waals surface area contributed by atoms with Gasteiger partial charge in [-0.3, -0.25) is 9.59 Å². The van der Waals surface area contributed by atoms with E-state index in [2.05, 4.69) is 4.98 Å². The number of primary amides is 1. The van der Waals surface area contributed by atoms with Crippen LogP contribution in [0.2, 0.25) is 0 Å². The number of ether oxygens (including phenoxy) is 1. The van der Waals surface area contributed by atoms with Crippen molar-refractivity contribution in [1.29, 1.82) is 0 Å². The zero-order valence-corrected chi connectivity index (χ0v) is 17.9. The second kappa shape index (κ2) is 7.56. The number of benzene rings is 2. The molecule has 1 saturated heterocycles. The van der Waals surface area contributed by atoms with Crippen molar-refractivity contribution in [2.45, 2.75) is 6.42 Å². The molecule has 3 N–H and O–H groups in total. The van der Waals surface area contributed by atoms with Gasteiger partial charge in [0.1, 0.15) is 0 Å². The van der Waals surface area contributed by atoms with Gasteiger partial charge in [-0.15, -0.1) is 0 Å². The summed E-state index contributed by atoms with van der Waals surface area (Å²) in [5.74, 6) is -0.478. The first-order chi connectivity index (χ1) is 16.1. The van der Waals surface area contributed by atoms with E-state index < -0.39 is 5.91 Å². The Balaban J connectivity index is 1.42. The van der Waals surface area contributed by atoms with Gasteiger partial charge in [-0.25, -0.2) is 4.98 Å². The molecule has 1 aliphatic heterocycles. The number of nitrogens with one attached hydrogen (secondary N) is 1. The van der Waals surface area contributed by atoms with Gasteiger partial charge in [0.25, 0.3) is 5.91 Å². The highest BCUT2D eigenvalue weighted by Crippen LogP contribution is 2.39. The van der Waals surface area contributed by atoms with Crippen molar-refractivity contribution in [1.82, 2.24) is 14.9 Å². The number of aromatic amines is 1. The third-order valence-corrected chi connectivity index (χ3v) is 6.51. The van der Waals surface area contributed by atoms with Crippen LogP contribution < -0.4 is 5.73 Å². The second-order valence-electron chi connectivity index (χ2n) is 8.48. The smallest absolute Gasteiger partial charge is 0.254 e. The zero-order chi connectivity index (χ0) is 22.5. The average Bonchev–Trinajstić information content (AvgIpc) is 3.46. The quantitative estimate of drug-likeness (QED) is 0.451. The summed E-state index contributed by atoms with van der Waals surface area (Å²) >= 11 is 0. The lowest BCUT2D eigenvalue weighted by atomic mass is 10.0. The number of nitrogens with zero attached hydrogens (tertiary/aromatic N) is 2. The molecule has 33 heavy (non-hydrogen) atoms. The van der Waals surface area contributed by atoms with Crippen LogP contribution in [0.25, 0.3) is 33.4 Å². The number of amides is 2. The summed E-state index contributed by atoms with van der Waals surface area (Å²) in [5.41, 5.74) is 13.0. The van der Waals surface area contributed by atoms with E-state index in [-0.39, 0.29) is 5.91 Å². The lowest BCUT2D eigenvalue weighted by Gasteiger charge is -2.27. The molecule has 0 atom stereocenters. The number of nitrogens with two attached hydrogens (primary N) is 1. The summed E-state index contributed by atoms with van der Waals surface area (Å²) < 4.78 is 5.36. The first-order valence-corrected chi connectivity index (χ1v) is 11.0. The lowest BCUT2D eigenvalue weighted by molar-refractivity contribution is 0.0303. The molecule has 0 radical (unpaired) electrons. The van der Waals surface area contributed by atoms with Crippen LogP contribution in [0.3, 0.4) is 0 Å². The third-order valence-electron chi connectivity index (χ3n) is 6.51. The predicted molar refractivity (Wildman–Crippen MR) is 125 cm³/mol. The van der Waals surface area contributed by atoms with Crippen molar-refractivity contribution in [3.63, 3.8) is 0 Å². The fourth-order valence-electron chi connectivity index (χ4n) is 4.79. The standard InChI is InChI=1S/C26H22N4O3/c27-25(31)21-14-23(16-2-1-15-5-6-28-22(15)13-16)29-24-19-4-3-17(11-18(19)12-20(21)24)26(32)30-7-9-33-10-8-30/h1-6,11,13-14,28H,7-10,12H2,(H2,27,31). The van der Waals surface area contributed by atoms with E-state index >= 15 is 0 Å². The second-order valence-corrected chi connectivity index (χ2v) is 8.48. The normalized spacial score (nSPS) is 14.8. The molecular weight excluding hydrogens is 416 g/mol. The number of aromatic nitrogens is 2. The van der Waals surface area contributed by atoms with Crippen LogP contribution in [0.15, 0.2) is 54.7 Å². The summed E-state index contributed by atoms with van der Waals surface area (Å²) in [6.07, 6.45) is 2.42. The summed E-state index contributed by atoms with van der Waals surface area (Å²) in [5, 5.41) is 1.11. The van der Waals surface area contributed by atoms with Crippen molar-refractivity contribution in [2.75, 3.05) is 26.3 Å². The number of pyridine rings is 1. The number of rotatable bonds is 3. The highest BCUT2D eigenvalue weighted by atomic mass is 16.5. The van der Waals surface area contributed by atoms with Gasteiger partial charge in [0, 0.05) is 53.5 Å². The third kappa shape index (κ3) is 3.29. The molecule has 1 fully saturated rings. The summed E-state index contributed by atoms with van der Waals surface area (Å²) in [6.45, 7) is 2.31. The zero-order valence-electron chi connectivity index (χ0n) is 17.9. The van der Waals surface area contributed by atoms with Gasteiger partial charge >= 0.3 is 0 Å². The largest absolute Gasteiger partial charge is 0.378 e. The molecule has 0 spiro atoms. The van der Waals surface area contributed by atoms with Gasteiger partial charge in [-0.05, 0) is 46.8 Å². The summed E-state index contributed by atoms with van der Waals surface area (Å²) in [6, 6.07) is 15.5. The monoisotopic (exact) mass is 438 g/mol. The summed E-state index contributed by atoms with van der Waals surface area (Å²) in [7, 11) is 0. The maximum absolute atomic E-state index is 12.9. The molecule has 0 unspecified atom stereocenters. The Morgan fingerprint density at radius 3 is 2.70 bits per heavy atom. The minimum atomic E-state index is -0.478. The van der Waals surface area contributed by atoms with Gasteiger partial charge < -0.3 is 20.4 Å². The van der Waals surface area contributed by atoms with Crippen LogP contribution in [-0.4, -0.2) is 53.0 Å². The van der Waals surface area contributed by atoms with Crippen LogP contribution >= 0.6 is 0 Å². The van der Waals surface area contributed by atoms with Gasteiger partial charge in [0.2, 0.25) is 5.91 Å². The number of hydrogen-bond acceptors (Lipinski definition) is 4. The number of hydrogen-bond donors (Lipinski definition) is 2. The maximum atomic E-state index is 12.9. The van der Waals surface area contributed by atoms with Crippen LogP contribution in [0.5, 0.6) is 0 Å². The number of carbonyl (C=O) groups is 2. The number of fused-ring (bicyclic) bond motifs is 4. The van der Waals surface area contributed by atoms with Crippen LogP contribution in [0.4, 0.5) is 0 Å². The molecule has 2 aromatic carbocycles. The molecule has 7 heteroatoms. The lowest BCUT2D eigenvalue weighted by Crippen LogP contribution is -2.40. The highest BCUT2D eigenvalue weighted by Gasteiger charge is 2.28. The number of carbonyl (C=O) groups excluding carboxylic acids is 2. The van der Waals surface area contributed by atoms with Crippen molar-refractivity contribution < 1.29 is 14.3 Å². The first-order valence-electron chi connectivity index (χ1n) is 11.0. The van der Waals surface area contributed by atoms with E-state index in [1.54, 1.807) is 6.07 Å². The maximum Gasteiger partial charge on any atom is 0.254 e. The van der Waals surface area contributed by atoms with E-state index in [1.807, 2.05) is 53.6 Å². The van der Waals surface area contributed by atoms with Crippen LogP contribution in [-0.2, 0) is 11.2 Å². The Morgan fingerprint density at radius 2 is 1.88 bits per heavy atom. The fraction of sp³-hybridized carbons (Fsp3) is 0.192. The Bertz CT molecular complexity index is 1430. The average molecular weight is 438 g/mol. The van der Waals surface area contributed by atoms with Crippen molar-refractivity contribution in [3.05, 3.63) is 77.0 Å². The molecular formula is C26H22N4O3. The van der Waals surface area contributed by atoms with Crippen LogP contribution in [0, 0.1) is 0 Å². The molecule has 2 amide bonds. The van der Waals surface area contributed by atoms with E-state index in [0.717, 1.165) is 38.9 Å². The Kier molecular flexibility index (Phi) is 4.52. The minimum Gasteiger partial charge on any atom is -0.378 e. The Morgan fingerprint density at radius 1 is 1.03 bits per heavy atom. The molecule has 4 aromatic rings. The van der Waals surface area contributed by atoms with Crippen molar-refractivity contribution >= 4 is 22.7 Å². The molecule has 2 aliphatic rings. The van der Waals surface area contributed by atoms with Crippen LogP contribution in [0.1, 0.15) is 31.8 Å². The van der Waals surface area contributed by atoms with Gasteiger partial charge in [-0.1, -0.05) is 18.2 Å². The molecule has 1 aliphatic carbocycles. The molecule has 164 valence electrons. The Labute approximate surface area is 190 Å². The molecule has 3 heterocycles. The molecule has 2 aromatic heterocycles. The topological polar surface area (TPSA) is 101 Å². The van der Waals surface area contributed by atoms with E-state index in [1.165, 1.54) is 0 Å². The fourth-order valence-corrected chi connectivity index (χ4v) is 4.79. The van der Waals surface area contributed by atoms with Gasteiger partial charge in [0.15, 0.2) is 0 Å². The van der Waals surface area contributed by atoms with Gasteiger partial charge in [0.05, 0.1) is 24.6 Å². The minimum absolute atomic E-state index is 0.0000736. The highest BCUT2D eigenvalue weighted by molar-refractivity contribution is 6.00. The van der Waals surface area contributed by atoms with E-state index in [0.29, 0.717) is 49.5 Å². The molecule has 7 nitrogen and oxygen atoms in total. The number of morpholine rings is 1. The van der Waals surface area contributed by atoms with Crippen molar-refractivity contribution in [3.8, 4) is 22.5 Å². The summed E-state index contributed by atoms with van der Waals surface area (Å²) in [4.78, 5) is 35.3. The first kappa shape index (κ1) is 19.7.